The van der Waals surface area contributed by atoms with Gasteiger partial charge in [-0.25, -0.2) is 4.39 Å². The fourth-order valence-electron chi connectivity index (χ4n) is 5.52. The van der Waals surface area contributed by atoms with Gasteiger partial charge in [-0.2, -0.15) is 0 Å². The van der Waals surface area contributed by atoms with Crippen molar-refractivity contribution in [3.63, 3.8) is 0 Å². The van der Waals surface area contributed by atoms with E-state index in [0.717, 1.165) is 22.3 Å². The first-order chi connectivity index (χ1) is 15.7. The second-order valence-electron chi connectivity index (χ2n) is 10.1. The molecule has 0 bridgehead atoms. The molecule has 1 atom stereocenters. The van der Waals surface area contributed by atoms with Crippen LogP contribution in [0.5, 0.6) is 0 Å². The van der Waals surface area contributed by atoms with Crippen LogP contribution in [0.2, 0.25) is 0 Å². The summed E-state index contributed by atoms with van der Waals surface area (Å²) in [4.78, 5) is 17.8. The highest BCUT2D eigenvalue weighted by Crippen LogP contribution is 2.39. The van der Waals surface area contributed by atoms with Gasteiger partial charge in [-0.3, -0.25) is 9.69 Å². The number of carbonyl (C=O) groups excluding carboxylic acids is 1. The molecule has 33 heavy (non-hydrogen) atoms. The average Bonchev–Trinajstić information content (AvgIpc) is 3.16. The van der Waals surface area contributed by atoms with Crippen LogP contribution in [-0.2, 0) is 21.5 Å². The van der Waals surface area contributed by atoms with Gasteiger partial charge in [0.15, 0.2) is 0 Å². The Labute approximate surface area is 196 Å². The van der Waals surface area contributed by atoms with E-state index in [4.69, 9.17) is 4.74 Å². The Morgan fingerprint density at radius 3 is 2.36 bits per heavy atom. The van der Waals surface area contributed by atoms with Gasteiger partial charge in [0.05, 0.1) is 17.6 Å². The van der Waals surface area contributed by atoms with E-state index < -0.39 is 11.0 Å². The summed E-state index contributed by atoms with van der Waals surface area (Å²) in [5.74, 6) is -0.149. The van der Waals surface area contributed by atoms with Crippen LogP contribution in [0.4, 0.5) is 4.39 Å². The molecule has 2 heterocycles. The van der Waals surface area contributed by atoms with Crippen molar-refractivity contribution in [2.24, 2.45) is 0 Å². The van der Waals surface area contributed by atoms with E-state index in [1.807, 2.05) is 16.8 Å². The molecule has 2 aromatic carbocycles. The summed E-state index contributed by atoms with van der Waals surface area (Å²) < 4.78 is 18.8. The number of ether oxygens (including phenoxy) is 1. The number of rotatable bonds is 6. The lowest BCUT2D eigenvalue weighted by atomic mass is 9.72. The number of aliphatic hydroxyl groups is 1. The summed E-state index contributed by atoms with van der Waals surface area (Å²) in [7, 11) is 1.95. The number of hydrogen-bond donors (Lipinski definition) is 1. The first kappa shape index (κ1) is 23.9. The molecule has 2 aromatic rings. The Kier molecular flexibility index (Phi) is 6.89. The molecule has 2 aliphatic rings. The van der Waals surface area contributed by atoms with Crippen LogP contribution < -0.4 is 0 Å². The number of nitrogens with zero attached hydrogens (tertiary/aromatic N) is 2. The number of amides is 1. The maximum Gasteiger partial charge on any atom is 0.233 e. The van der Waals surface area contributed by atoms with Gasteiger partial charge in [-0.1, -0.05) is 41.5 Å². The van der Waals surface area contributed by atoms with Crippen molar-refractivity contribution in [1.82, 2.24) is 9.80 Å². The third-order valence-electron chi connectivity index (χ3n) is 7.08. The second-order valence-corrected chi connectivity index (χ2v) is 10.1. The third-order valence-corrected chi connectivity index (χ3v) is 7.08. The Bertz CT molecular complexity index is 967. The van der Waals surface area contributed by atoms with Gasteiger partial charge < -0.3 is 14.7 Å². The van der Waals surface area contributed by atoms with Gasteiger partial charge in [-0.15, -0.1) is 0 Å². The number of likely N-dealkylation sites (tertiary alicyclic amines) is 1. The lowest BCUT2D eigenvalue weighted by Crippen LogP contribution is -2.51. The summed E-state index contributed by atoms with van der Waals surface area (Å²) in [6.07, 6.45) is 1.87. The quantitative estimate of drug-likeness (QED) is 0.725. The van der Waals surface area contributed by atoms with Gasteiger partial charge >= 0.3 is 0 Å². The topological polar surface area (TPSA) is 53.0 Å². The molecule has 0 saturated carbocycles. The highest BCUT2D eigenvalue weighted by molar-refractivity contribution is 5.89. The van der Waals surface area contributed by atoms with Crippen molar-refractivity contribution in [2.45, 2.75) is 50.7 Å². The Balaban J connectivity index is 1.48. The maximum absolute atomic E-state index is 14.0. The van der Waals surface area contributed by atoms with Crippen molar-refractivity contribution < 1.29 is 19.0 Å². The zero-order chi connectivity index (χ0) is 23.6. The van der Waals surface area contributed by atoms with E-state index in [2.05, 4.69) is 32.0 Å². The maximum atomic E-state index is 14.0. The van der Waals surface area contributed by atoms with Crippen molar-refractivity contribution in [3.05, 3.63) is 70.5 Å². The summed E-state index contributed by atoms with van der Waals surface area (Å²) >= 11 is 0. The molecule has 5 nitrogen and oxygen atoms in total. The van der Waals surface area contributed by atoms with Crippen molar-refractivity contribution in [1.29, 1.82) is 0 Å². The van der Waals surface area contributed by atoms with E-state index >= 15 is 0 Å². The number of benzene rings is 2. The molecule has 2 saturated heterocycles. The van der Waals surface area contributed by atoms with Crippen molar-refractivity contribution in [3.8, 4) is 0 Å². The molecule has 0 aliphatic carbocycles. The number of likely N-dealkylation sites (N-methyl/N-ethyl adjacent to an activating group) is 1. The van der Waals surface area contributed by atoms with Crippen LogP contribution >= 0.6 is 0 Å². The molecule has 0 spiro atoms. The third kappa shape index (κ3) is 5.29. The number of hydrogen-bond acceptors (Lipinski definition) is 4. The highest BCUT2D eigenvalue weighted by Gasteiger charge is 2.48. The minimum Gasteiger partial charge on any atom is -0.387 e. The van der Waals surface area contributed by atoms with E-state index in [0.29, 0.717) is 58.7 Å². The molecule has 0 unspecified atom stereocenters. The monoisotopic (exact) mass is 454 g/mol. The Hall–Kier alpha value is -2.28. The molecule has 1 amide bonds. The van der Waals surface area contributed by atoms with Gasteiger partial charge in [-0.05, 0) is 63.4 Å². The van der Waals surface area contributed by atoms with Crippen LogP contribution in [0, 0.1) is 19.7 Å². The average molecular weight is 455 g/mol. The molecule has 0 aromatic heterocycles. The minimum atomic E-state index is -0.959. The second kappa shape index (κ2) is 9.53. The first-order valence-corrected chi connectivity index (χ1v) is 11.8. The predicted octanol–water partition coefficient (Wildman–Crippen LogP) is 3.59. The molecule has 0 radical (unpaired) electrons. The summed E-state index contributed by atoms with van der Waals surface area (Å²) in [6.45, 7) is 7.21. The molecule has 4 rings (SSSR count). The van der Waals surface area contributed by atoms with E-state index in [-0.39, 0.29) is 11.7 Å². The van der Waals surface area contributed by atoms with E-state index in [9.17, 15) is 14.3 Å². The van der Waals surface area contributed by atoms with Crippen molar-refractivity contribution >= 4 is 5.91 Å². The van der Waals surface area contributed by atoms with E-state index in [1.54, 1.807) is 12.1 Å². The van der Waals surface area contributed by atoms with Gasteiger partial charge in [0.1, 0.15) is 5.82 Å². The van der Waals surface area contributed by atoms with Crippen LogP contribution in [0.1, 0.15) is 41.5 Å². The van der Waals surface area contributed by atoms with Gasteiger partial charge in [0.25, 0.3) is 0 Å². The molecular formula is C27H35FN2O3. The Morgan fingerprint density at radius 2 is 1.73 bits per heavy atom. The fourth-order valence-corrected chi connectivity index (χ4v) is 5.52. The molecule has 6 heteroatoms. The van der Waals surface area contributed by atoms with Crippen LogP contribution in [0.25, 0.3) is 0 Å². The highest BCUT2D eigenvalue weighted by atomic mass is 19.1. The molecule has 2 fully saturated rings. The molecule has 1 N–H and O–H groups in total. The van der Waals surface area contributed by atoms with Gasteiger partial charge in [0, 0.05) is 32.8 Å². The van der Waals surface area contributed by atoms with Crippen LogP contribution in [0.3, 0.4) is 0 Å². The molecular weight excluding hydrogens is 419 g/mol. The number of carbonyl (C=O) groups is 1. The first-order valence-electron chi connectivity index (χ1n) is 11.8. The summed E-state index contributed by atoms with van der Waals surface area (Å²) in [5.41, 5.74) is 2.81. The predicted molar refractivity (Wildman–Crippen MR) is 127 cm³/mol. The lowest BCUT2D eigenvalue weighted by Gasteiger charge is -2.40. The number of halogens is 1. The zero-order valence-corrected chi connectivity index (χ0v) is 19.9. The van der Waals surface area contributed by atoms with E-state index in [1.165, 1.54) is 12.1 Å². The summed E-state index contributed by atoms with van der Waals surface area (Å²) in [6, 6.07) is 12.8. The van der Waals surface area contributed by atoms with Crippen molar-refractivity contribution in [2.75, 3.05) is 39.9 Å². The molecule has 2 aliphatic heterocycles. The van der Waals surface area contributed by atoms with Crippen LogP contribution in [0.15, 0.2) is 42.5 Å². The molecule has 178 valence electrons. The SMILES string of the molecule is Cc1cc(C)cc(C2(C(=O)N3CC[C@](O)(CN(C)Cc4ccc(F)cc4)C3)CCOCC2)c1. The zero-order valence-electron chi connectivity index (χ0n) is 19.9. The smallest absolute Gasteiger partial charge is 0.233 e. The van der Waals surface area contributed by atoms with Gasteiger partial charge in [0.2, 0.25) is 5.91 Å². The standard InChI is InChI=1S/C27H35FN2O3/c1-20-14-21(2)16-23(15-20)27(9-12-33-13-10-27)25(31)30-11-8-26(32,19-30)18-29(3)17-22-4-6-24(28)7-5-22/h4-7,14-16,32H,8-13,17-19H2,1-3H3/t26-/m0/s1. The van der Waals surface area contributed by atoms with Crippen LogP contribution in [-0.4, -0.2) is 66.3 Å². The minimum absolute atomic E-state index is 0.105. The number of aryl methyl sites for hydroxylation is 2. The largest absolute Gasteiger partial charge is 0.387 e. The normalized spacial score (nSPS) is 22.7. The Morgan fingerprint density at radius 1 is 1.09 bits per heavy atom. The number of β-amino-alcohol motifs (C(OH)–C–C–N with tert-alkyl or cyclic N) is 1. The fraction of sp³-hybridized carbons (Fsp3) is 0.519. The summed E-state index contributed by atoms with van der Waals surface area (Å²) in [5, 5.41) is 11.3. The lowest BCUT2D eigenvalue weighted by molar-refractivity contribution is -0.141.